The lowest BCUT2D eigenvalue weighted by Gasteiger charge is -2.19. The number of carbonyl (C=O) groups excluding carboxylic acids is 3. The number of ether oxygens (including phenoxy) is 1. The molecule has 0 radical (unpaired) electrons. The van der Waals surface area contributed by atoms with Crippen LogP contribution in [0.15, 0.2) is 48.5 Å². The van der Waals surface area contributed by atoms with Crippen LogP contribution in [0.25, 0.3) is 0 Å². The molecule has 7 heteroatoms. The normalized spacial score (nSPS) is 10.7. The van der Waals surface area contributed by atoms with E-state index in [1.165, 1.54) is 6.07 Å². The first-order chi connectivity index (χ1) is 13.2. The van der Waals surface area contributed by atoms with Crippen LogP contribution in [0.4, 0.5) is 10.5 Å². The minimum Gasteiger partial charge on any atom is -0.444 e. The third-order valence-electron chi connectivity index (χ3n) is 3.68. The first-order valence-corrected chi connectivity index (χ1v) is 8.97. The zero-order chi connectivity index (χ0) is 20.7. The van der Waals surface area contributed by atoms with Crippen LogP contribution in [-0.2, 0) is 11.2 Å². The summed E-state index contributed by atoms with van der Waals surface area (Å²) in [4.78, 5) is 36.2. The fraction of sp³-hybridized carbons (Fsp3) is 0.286. The van der Waals surface area contributed by atoms with Crippen LogP contribution in [0.5, 0.6) is 0 Å². The maximum absolute atomic E-state index is 12.3. The monoisotopic (exact) mass is 383 g/mol. The summed E-state index contributed by atoms with van der Waals surface area (Å²) in [5.41, 5.74) is 6.35. The molecule has 0 aliphatic heterocycles. The van der Waals surface area contributed by atoms with Crippen molar-refractivity contribution in [2.75, 3.05) is 5.32 Å². The highest BCUT2D eigenvalue weighted by Gasteiger charge is 2.17. The minimum atomic E-state index is -0.626. The average molecular weight is 383 g/mol. The second-order valence-electron chi connectivity index (χ2n) is 7.17. The molecule has 0 heterocycles. The standard InChI is InChI=1S/C21H25N3O4/c1-5-14-9-11-15(12-10-14)18(25)23-24-19(26)16-7-6-8-17(13-16)22-20(27)28-21(2,3)4/h6-13H,5H2,1-4H3,(H,22,27)(H,23,25)(H,24,26). The van der Waals surface area contributed by atoms with Gasteiger partial charge in [-0.05, 0) is 63.1 Å². The Morgan fingerprint density at radius 1 is 0.893 bits per heavy atom. The van der Waals surface area contributed by atoms with Crippen LogP contribution in [0.3, 0.4) is 0 Å². The van der Waals surface area contributed by atoms with Crippen LogP contribution in [0, 0.1) is 0 Å². The van der Waals surface area contributed by atoms with Gasteiger partial charge in [0.2, 0.25) is 0 Å². The van der Waals surface area contributed by atoms with Gasteiger partial charge in [-0.2, -0.15) is 0 Å². The second kappa shape index (κ2) is 9.03. The lowest BCUT2D eigenvalue weighted by atomic mass is 10.1. The number of benzene rings is 2. The largest absolute Gasteiger partial charge is 0.444 e. The third kappa shape index (κ3) is 6.42. The highest BCUT2D eigenvalue weighted by Crippen LogP contribution is 2.13. The smallest absolute Gasteiger partial charge is 0.412 e. The van der Waals surface area contributed by atoms with E-state index in [-0.39, 0.29) is 5.56 Å². The highest BCUT2D eigenvalue weighted by atomic mass is 16.6. The zero-order valence-corrected chi connectivity index (χ0v) is 16.5. The number of aryl methyl sites for hydroxylation is 1. The highest BCUT2D eigenvalue weighted by molar-refractivity contribution is 6.00. The summed E-state index contributed by atoms with van der Waals surface area (Å²) in [6.45, 7) is 7.31. The van der Waals surface area contributed by atoms with E-state index in [1.54, 1.807) is 51.1 Å². The molecule has 0 bridgehead atoms. The number of amides is 3. The Morgan fingerprint density at radius 2 is 1.50 bits per heavy atom. The SMILES string of the molecule is CCc1ccc(C(=O)NNC(=O)c2cccc(NC(=O)OC(C)(C)C)c2)cc1. The number of anilines is 1. The van der Waals surface area contributed by atoms with Gasteiger partial charge in [-0.15, -0.1) is 0 Å². The molecule has 0 spiro atoms. The maximum Gasteiger partial charge on any atom is 0.412 e. The molecule has 0 saturated heterocycles. The van der Waals surface area contributed by atoms with Crippen molar-refractivity contribution < 1.29 is 19.1 Å². The number of hydrazine groups is 1. The Kier molecular flexibility index (Phi) is 6.76. The summed E-state index contributed by atoms with van der Waals surface area (Å²) in [5, 5.41) is 2.57. The molecule has 2 aromatic rings. The summed E-state index contributed by atoms with van der Waals surface area (Å²) in [6.07, 6.45) is 0.264. The first kappa shape index (κ1) is 21.0. The predicted octanol–water partition coefficient (Wildman–Crippen LogP) is 3.67. The number of nitrogens with one attached hydrogen (secondary N) is 3. The lowest BCUT2D eigenvalue weighted by molar-refractivity contribution is 0.0635. The molecule has 0 aliphatic rings. The van der Waals surface area contributed by atoms with Crippen LogP contribution >= 0.6 is 0 Å². The zero-order valence-electron chi connectivity index (χ0n) is 16.5. The summed E-state index contributed by atoms with van der Waals surface area (Å²) < 4.78 is 5.18. The van der Waals surface area contributed by atoms with E-state index < -0.39 is 23.5 Å². The molecule has 0 saturated carbocycles. The van der Waals surface area contributed by atoms with Crippen molar-refractivity contribution >= 4 is 23.6 Å². The van der Waals surface area contributed by atoms with Gasteiger partial charge in [0.15, 0.2) is 0 Å². The molecular weight excluding hydrogens is 358 g/mol. The Bertz CT molecular complexity index is 855. The second-order valence-corrected chi connectivity index (χ2v) is 7.17. The van der Waals surface area contributed by atoms with E-state index in [9.17, 15) is 14.4 Å². The molecule has 7 nitrogen and oxygen atoms in total. The number of hydrogen-bond donors (Lipinski definition) is 3. The Hall–Kier alpha value is -3.35. The Balaban J connectivity index is 1.94. The predicted molar refractivity (Wildman–Crippen MR) is 107 cm³/mol. The van der Waals surface area contributed by atoms with Gasteiger partial charge in [0.05, 0.1) is 0 Å². The molecule has 2 rings (SSSR count). The summed E-state index contributed by atoms with van der Waals surface area (Å²) in [7, 11) is 0. The molecule has 2 aromatic carbocycles. The van der Waals surface area contributed by atoms with Crippen LogP contribution in [0.1, 0.15) is 54.0 Å². The van der Waals surface area contributed by atoms with E-state index in [2.05, 4.69) is 16.2 Å². The van der Waals surface area contributed by atoms with Gasteiger partial charge >= 0.3 is 6.09 Å². The van der Waals surface area contributed by atoms with E-state index in [0.29, 0.717) is 11.3 Å². The molecular formula is C21H25N3O4. The number of carbonyl (C=O) groups is 3. The van der Waals surface area contributed by atoms with Crippen molar-refractivity contribution in [2.24, 2.45) is 0 Å². The van der Waals surface area contributed by atoms with Crippen LogP contribution < -0.4 is 16.2 Å². The van der Waals surface area contributed by atoms with Gasteiger partial charge in [0.1, 0.15) is 5.60 Å². The Morgan fingerprint density at radius 3 is 2.07 bits per heavy atom. The summed E-state index contributed by atoms with van der Waals surface area (Å²) in [5.74, 6) is -0.926. The Labute approximate surface area is 164 Å². The summed E-state index contributed by atoms with van der Waals surface area (Å²) >= 11 is 0. The minimum absolute atomic E-state index is 0.273. The molecule has 0 aromatic heterocycles. The van der Waals surface area contributed by atoms with Crippen molar-refractivity contribution in [3.8, 4) is 0 Å². The number of hydrogen-bond acceptors (Lipinski definition) is 4. The topological polar surface area (TPSA) is 96.5 Å². The van der Waals surface area contributed by atoms with Gasteiger partial charge in [0, 0.05) is 16.8 Å². The molecule has 0 unspecified atom stereocenters. The fourth-order valence-electron chi connectivity index (χ4n) is 2.31. The van der Waals surface area contributed by atoms with Crippen LogP contribution in [0.2, 0.25) is 0 Å². The molecule has 0 fully saturated rings. The average Bonchev–Trinajstić information content (AvgIpc) is 2.64. The van der Waals surface area contributed by atoms with Gasteiger partial charge in [-0.1, -0.05) is 25.1 Å². The van der Waals surface area contributed by atoms with E-state index in [4.69, 9.17) is 4.74 Å². The van der Waals surface area contributed by atoms with Gasteiger partial charge in [-0.3, -0.25) is 25.8 Å². The fourth-order valence-corrected chi connectivity index (χ4v) is 2.31. The molecule has 0 aliphatic carbocycles. The van der Waals surface area contributed by atoms with Gasteiger partial charge in [-0.25, -0.2) is 4.79 Å². The van der Waals surface area contributed by atoms with Crippen molar-refractivity contribution in [2.45, 2.75) is 39.7 Å². The quantitative estimate of drug-likeness (QED) is 0.702. The van der Waals surface area contributed by atoms with Crippen molar-refractivity contribution in [1.29, 1.82) is 0 Å². The van der Waals surface area contributed by atoms with Crippen LogP contribution in [-0.4, -0.2) is 23.5 Å². The van der Waals surface area contributed by atoms with Crippen molar-refractivity contribution in [3.63, 3.8) is 0 Å². The van der Waals surface area contributed by atoms with E-state index in [0.717, 1.165) is 12.0 Å². The van der Waals surface area contributed by atoms with Gasteiger partial charge in [0.25, 0.3) is 11.8 Å². The number of rotatable bonds is 4. The lowest BCUT2D eigenvalue weighted by Crippen LogP contribution is -2.41. The van der Waals surface area contributed by atoms with Gasteiger partial charge < -0.3 is 4.74 Å². The van der Waals surface area contributed by atoms with E-state index >= 15 is 0 Å². The maximum atomic E-state index is 12.3. The first-order valence-electron chi connectivity index (χ1n) is 8.97. The molecule has 3 N–H and O–H groups in total. The molecule has 0 atom stereocenters. The molecule has 148 valence electrons. The van der Waals surface area contributed by atoms with Crippen molar-refractivity contribution in [3.05, 3.63) is 65.2 Å². The van der Waals surface area contributed by atoms with Crippen molar-refractivity contribution in [1.82, 2.24) is 10.9 Å². The molecule has 28 heavy (non-hydrogen) atoms. The summed E-state index contributed by atoms with van der Waals surface area (Å²) in [6, 6.07) is 13.4. The third-order valence-corrected chi connectivity index (χ3v) is 3.68. The van der Waals surface area contributed by atoms with E-state index in [1.807, 2.05) is 19.1 Å². The molecule has 3 amide bonds.